The molecule has 11 heteroatoms. The van der Waals surface area contributed by atoms with Crippen molar-refractivity contribution in [3.05, 3.63) is 60.5 Å². The Morgan fingerprint density at radius 2 is 2.00 bits per heavy atom. The maximum Gasteiger partial charge on any atom is 0.228 e. The second-order valence-electron chi connectivity index (χ2n) is 6.12. The molecule has 0 saturated heterocycles. The van der Waals surface area contributed by atoms with Gasteiger partial charge < -0.3 is 10.1 Å². The van der Waals surface area contributed by atoms with Crippen molar-refractivity contribution in [3.8, 4) is 16.9 Å². The lowest BCUT2D eigenvalue weighted by molar-refractivity contribution is 0.193. The lowest BCUT2D eigenvalue weighted by Crippen LogP contribution is -2.20. The summed E-state index contributed by atoms with van der Waals surface area (Å²) in [7, 11) is 0. The number of benzene rings is 1. The molecule has 0 aliphatic rings. The number of anilines is 2. The van der Waals surface area contributed by atoms with Gasteiger partial charge in [0.2, 0.25) is 5.95 Å². The van der Waals surface area contributed by atoms with Crippen LogP contribution >= 0.6 is 11.6 Å². The molecule has 1 atom stereocenters. The summed E-state index contributed by atoms with van der Waals surface area (Å²) in [4.78, 5) is 16.6. The Labute approximate surface area is 171 Å². The third-order valence-corrected chi connectivity index (χ3v) is 4.21. The van der Waals surface area contributed by atoms with Crippen LogP contribution in [0.3, 0.4) is 0 Å². The van der Waals surface area contributed by atoms with E-state index in [1.165, 1.54) is 12.7 Å². The summed E-state index contributed by atoms with van der Waals surface area (Å²) in [5.41, 5.74) is 1.71. The zero-order valence-corrected chi connectivity index (χ0v) is 16.1. The average Bonchev–Trinajstić information content (AvgIpc) is 3.24. The maximum absolute atomic E-state index is 6.30. The number of aromatic nitrogens is 8. The highest BCUT2D eigenvalue weighted by molar-refractivity contribution is 6.32. The molecule has 0 spiro atoms. The minimum absolute atomic E-state index is 0.179. The van der Waals surface area contributed by atoms with Crippen LogP contribution < -0.4 is 10.1 Å². The highest BCUT2D eigenvalue weighted by Gasteiger charge is 2.11. The summed E-state index contributed by atoms with van der Waals surface area (Å²) >= 11 is 6.30. The van der Waals surface area contributed by atoms with Gasteiger partial charge >= 0.3 is 0 Å². The minimum Gasteiger partial charge on any atom is -0.487 e. The van der Waals surface area contributed by atoms with Crippen molar-refractivity contribution < 1.29 is 4.74 Å². The molecule has 0 bridgehead atoms. The van der Waals surface area contributed by atoms with Crippen LogP contribution in [-0.4, -0.2) is 46.2 Å². The Balaban J connectivity index is 1.47. The summed E-state index contributed by atoms with van der Waals surface area (Å²) in [5, 5.41) is 14.6. The molecule has 0 radical (unpaired) electrons. The average molecular weight is 410 g/mol. The van der Waals surface area contributed by atoms with Gasteiger partial charge in [-0.3, -0.25) is 0 Å². The number of halogens is 1. The molecular weight excluding hydrogens is 394 g/mol. The summed E-state index contributed by atoms with van der Waals surface area (Å²) in [6, 6.07) is 7.26. The van der Waals surface area contributed by atoms with Crippen LogP contribution in [0.25, 0.3) is 11.1 Å². The zero-order valence-electron chi connectivity index (χ0n) is 15.3. The Kier molecular flexibility index (Phi) is 5.52. The highest BCUT2D eigenvalue weighted by Crippen LogP contribution is 2.31. The number of nitrogens with zero attached hydrogens (tertiary/aromatic N) is 8. The molecule has 0 unspecified atom stereocenters. The largest absolute Gasteiger partial charge is 0.487 e. The van der Waals surface area contributed by atoms with Crippen LogP contribution in [0.15, 0.2) is 55.5 Å². The van der Waals surface area contributed by atoms with E-state index in [2.05, 4.69) is 40.8 Å². The molecule has 0 fully saturated rings. The van der Waals surface area contributed by atoms with E-state index < -0.39 is 0 Å². The molecule has 10 nitrogen and oxygen atoms in total. The monoisotopic (exact) mass is 409 g/mol. The van der Waals surface area contributed by atoms with Gasteiger partial charge in [-0.2, -0.15) is 0 Å². The van der Waals surface area contributed by atoms with Gasteiger partial charge in [-0.1, -0.05) is 17.7 Å². The minimum atomic E-state index is -0.179. The van der Waals surface area contributed by atoms with Crippen molar-refractivity contribution >= 4 is 23.4 Å². The first-order valence-electron chi connectivity index (χ1n) is 8.70. The number of rotatable bonds is 7. The van der Waals surface area contributed by atoms with Crippen molar-refractivity contribution in [1.29, 1.82) is 0 Å². The van der Waals surface area contributed by atoms with E-state index in [0.717, 1.165) is 11.1 Å². The molecule has 4 aromatic rings. The Morgan fingerprint density at radius 1 is 1.14 bits per heavy atom. The van der Waals surface area contributed by atoms with E-state index in [-0.39, 0.29) is 6.10 Å². The second-order valence-corrected chi connectivity index (χ2v) is 6.53. The third-order valence-electron chi connectivity index (χ3n) is 3.90. The topological polar surface area (TPSA) is 116 Å². The first-order chi connectivity index (χ1) is 14.2. The molecule has 3 aromatic heterocycles. The van der Waals surface area contributed by atoms with Crippen molar-refractivity contribution in [2.75, 3.05) is 5.32 Å². The van der Waals surface area contributed by atoms with Crippen molar-refractivity contribution in [2.45, 2.75) is 19.6 Å². The predicted molar refractivity (Wildman–Crippen MR) is 106 cm³/mol. The van der Waals surface area contributed by atoms with Crippen molar-refractivity contribution in [2.24, 2.45) is 0 Å². The van der Waals surface area contributed by atoms with E-state index in [9.17, 15) is 0 Å². The first kappa shape index (κ1) is 18.7. The molecule has 3 heterocycles. The molecule has 1 N–H and O–H groups in total. The number of ether oxygens (including phenoxy) is 1. The summed E-state index contributed by atoms with van der Waals surface area (Å²) in [5.74, 6) is 1.62. The predicted octanol–water partition coefficient (Wildman–Crippen LogP) is 2.78. The molecule has 146 valence electrons. The van der Waals surface area contributed by atoms with E-state index >= 15 is 0 Å². The van der Waals surface area contributed by atoms with Gasteiger partial charge in [0.15, 0.2) is 0 Å². The summed E-state index contributed by atoms with van der Waals surface area (Å²) in [6.45, 7) is 2.42. The molecule has 1 aromatic carbocycles. The van der Waals surface area contributed by atoms with E-state index in [0.29, 0.717) is 29.1 Å². The van der Waals surface area contributed by atoms with E-state index in [4.69, 9.17) is 16.3 Å². The quantitative estimate of drug-likeness (QED) is 0.491. The second kappa shape index (κ2) is 8.57. The van der Waals surface area contributed by atoms with E-state index in [1.54, 1.807) is 35.4 Å². The standard InChI is InChI=1S/C18H16ClN9O/c1-12(9-28-11-24-26-27-28)29-16-6-13(2-3-15(16)19)14-7-21-18(22-8-14)25-17-4-5-20-10-23-17/h2-8,10-12H,9H2,1H3,(H,20,21,22,23,25)/t12-/m0/s1. The van der Waals surface area contributed by atoms with Crippen molar-refractivity contribution in [3.63, 3.8) is 0 Å². The van der Waals surface area contributed by atoms with Crippen molar-refractivity contribution in [1.82, 2.24) is 40.1 Å². The molecule has 0 amide bonds. The normalized spacial score (nSPS) is 11.8. The Morgan fingerprint density at radius 3 is 2.72 bits per heavy atom. The van der Waals surface area contributed by atoms with Crippen LogP contribution in [0.4, 0.5) is 11.8 Å². The number of hydrogen-bond acceptors (Lipinski definition) is 9. The maximum atomic E-state index is 6.30. The molecule has 0 aliphatic heterocycles. The third kappa shape index (κ3) is 4.79. The lowest BCUT2D eigenvalue weighted by Gasteiger charge is -2.16. The first-order valence-corrected chi connectivity index (χ1v) is 9.07. The Hall–Kier alpha value is -3.66. The van der Waals surface area contributed by atoms with Gasteiger partial charge in [-0.15, -0.1) is 5.10 Å². The Bertz CT molecular complexity index is 1060. The van der Waals surface area contributed by atoms with Gasteiger partial charge in [0.05, 0.1) is 11.6 Å². The van der Waals surface area contributed by atoms with Gasteiger partial charge in [0.1, 0.15) is 30.3 Å². The SMILES string of the molecule is C[C@@H](Cn1cnnn1)Oc1cc(-c2cnc(Nc3ccncn3)nc2)ccc1Cl. The van der Waals surface area contributed by atoms with Gasteiger partial charge in [-0.25, -0.2) is 24.6 Å². The highest BCUT2D eigenvalue weighted by atomic mass is 35.5. The van der Waals surface area contributed by atoms with Crippen LogP contribution in [0.1, 0.15) is 6.92 Å². The number of nitrogens with one attached hydrogen (secondary N) is 1. The molecular formula is C18H16ClN9O. The summed E-state index contributed by atoms with van der Waals surface area (Å²) in [6.07, 6.45) is 7.88. The summed E-state index contributed by atoms with van der Waals surface area (Å²) < 4.78 is 7.56. The van der Waals surface area contributed by atoms with Crippen LogP contribution in [0.5, 0.6) is 5.75 Å². The van der Waals surface area contributed by atoms with Crippen LogP contribution in [0.2, 0.25) is 5.02 Å². The molecule has 0 aliphatic carbocycles. The fourth-order valence-electron chi connectivity index (χ4n) is 2.58. The molecule has 0 saturated carbocycles. The van der Waals surface area contributed by atoms with E-state index in [1.807, 2.05) is 19.1 Å². The lowest BCUT2D eigenvalue weighted by atomic mass is 10.1. The van der Waals surface area contributed by atoms with Gasteiger partial charge in [0, 0.05) is 24.2 Å². The van der Waals surface area contributed by atoms with Crippen LogP contribution in [-0.2, 0) is 6.54 Å². The zero-order chi connectivity index (χ0) is 20.1. The smallest absolute Gasteiger partial charge is 0.228 e. The molecule has 4 rings (SSSR count). The molecule has 29 heavy (non-hydrogen) atoms. The van der Waals surface area contributed by atoms with Crippen LogP contribution in [0, 0.1) is 0 Å². The van der Waals surface area contributed by atoms with Gasteiger partial charge in [0.25, 0.3) is 0 Å². The number of hydrogen-bond donors (Lipinski definition) is 1. The number of tetrazole rings is 1. The fraction of sp³-hybridized carbons (Fsp3) is 0.167. The fourth-order valence-corrected chi connectivity index (χ4v) is 2.74. The van der Waals surface area contributed by atoms with Gasteiger partial charge in [-0.05, 0) is 41.1 Å².